The Kier molecular flexibility index (Phi) is 5.72. The van der Waals surface area contributed by atoms with Gasteiger partial charge in [-0.15, -0.1) is 0 Å². The average molecular weight is 433 g/mol. The molecular weight excluding hydrogens is 419 g/mol. The molecule has 1 aromatic heterocycles. The van der Waals surface area contributed by atoms with Crippen molar-refractivity contribution in [3.8, 4) is 5.88 Å². The van der Waals surface area contributed by atoms with Crippen LogP contribution in [0, 0.1) is 6.92 Å². The minimum absolute atomic E-state index is 0.0397. The summed E-state index contributed by atoms with van der Waals surface area (Å²) in [5.41, 5.74) is 0.151. The fourth-order valence-electron chi connectivity index (χ4n) is 2.81. The quantitative estimate of drug-likeness (QED) is 0.479. The Balaban J connectivity index is 2.03. The van der Waals surface area contributed by atoms with Crippen LogP contribution in [0.2, 0.25) is 10.0 Å². The monoisotopic (exact) mass is 432 g/mol. The zero-order valence-corrected chi connectivity index (χ0v) is 16.8. The van der Waals surface area contributed by atoms with E-state index in [4.69, 9.17) is 27.9 Å². The number of aryl methyl sites for hydroxylation is 2. The molecule has 0 radical (unpaired) electrons. The van der Waals surface area contributed by atoms with E-state index in [1.807, 2.05) is 0 Å². The van der Waals surface area contributed by atoms with Crippen LogP contribution in [-0.2, 0) is 7.05 Å². The fourth-order valence-corrected chi connectivity index (χ4v) is 3.31. The van der Waals surface area contributed by atoms with Gasteiger partial charge in [0.15, 0.2) is 0 Å². The minimum atomic E-state index is -1.28. The zero-order chi connectivity index (χ0) is 21.3. The summed E-state index contributed by atoms with van der Waals surface area (Å²) in [6.45, 7) is 1.58. The lowest BCUT2D eigenvalue weighted by Gasteiger charge is -2.10. The molecule has 0 aliphatic rings. The van der Waals surface area contributed by atoms with Gasteiger partial charge >= 0.3 is 11.9 Å². The number of carbonyl (C=O) groups is 3. The second kappa shape index (κ2) is 8.06. The van der Waals surface area contributed by atoms with Gasteiger partial charge in [-0.3, -0.25) is 4.79 Å². The molecule has 3 rings (SSSR count). The molecular formula is C20H14Cl2N2O5. The first-order chi connectivity index (χ1) is 13.7. The molecule has 0 saturated carbocycles. The highest BCUT2D eigenvalue weighted by Gasteiger charge is 2.27. The van der Waals surface area contributed by atoms with Crippen molar-refractivity contribution >= 4 is 40.9 Å². The number of aromatic nitrogens is 2. The van der Waals surface area contributed by atoms with Crippen molar-refractivity contribution in [2.24, 2.45) is 7.05 Å². The maximum atomic E-state index is 13.1. The van der Waals surface area contributed by atoms with Crippen LogP contribution in [0.4, 0.5) is 0 Å². The van der Waals surface area contributed by atoms with E-state index in [9.17, 15) is 19.5 Å². The molecule has 0 fully saturated rings. The molecule has 2 aromatic carbocycles. The lowest BCUT2D eigenvalue weighted by Crippen LogP contribution is -2.17. The standard InChI is InChI=1S/C20H14Cl2N2O5/c1-10-16(17(25)14-8-7-11(21)9-15(14)22)18(24(2)23-10)29-20(28)13-6-4-3-5-12(13)19(26)27/h3-9H,1-2H3,(H,26,27). The third-order valence-electron chi connectivity index (χ3n) is 4.14. The third kappa shape index (κ3) is 4.01. The van der Waals surface area contributed by atoms with Gasteiger partial charge in [0.2, 0.25) is 11.7 Å². The van der Waals surface area contributed by atoms with Gasteiger partial charge in [-0.05, 0) is 37.3 Å². The first kappa shape index (κ1) is 20.6. The van der Waals surface area contributed by atoms with Gasteiger partial charge in [0.25, 0.3) is 0 Å². The topological polar surface area (TPSA) is 98.5 Å². The summed E-state index contributed by atoms with van der Waals surface area (Å²) >= 11 is 12.0. The number of rotatable bonds is 5. The van der Waals surface area contributed by atoms with Crippen molar-refractivity contribution in [1.29, 1.82) is 0 Å². The van der Waals surface area contributed by atoms with Crippen LogP contribution in [0.3, 0.4) is 0 Å². The number of hydrogen-bond donors (Lipinski definition) is 1. The van der Waals surface area contributed by atoms with Gasteiger partial charge in [-0.25, -0.2) is 14.3 Å². The fraction of sp³-hybridized carbons (Fsp3) is 0.100. The predicted molar refractivity (Wildman–Crippen MR) is 106 cm³/mol. The van der Waals surface area contributed by atoms with Crippen LogP contribution in [-0.4, -0.2) is 32.6 Å². The molecule has 3 aromatic rings. The van der Waals surface area contributed by atoms with E-state index in [0.29, 0.717) is 10.7 Å². The van der Waals surface area contributed by atoms with Crippen LogP contribution >= 0.6 is 23.2 Å². The van der Waals surface area contributed by atoms with Crippen molar-refractivity contribution in [2.45, 2.75) is 6.92 Å². The molecule has 7 nitrogen and oxygen atoms in total. The Hall–Kier alpha value is -3.16. The largest absolute Gasteiger partial charge is 0.478 e. The third-order valence-corrected chi connectivity index (χ3v) is 4.69. The molecule has 0 atom stereocenters. The van der Waals surface area contributed by atoms with Crippen LogP contribution in [0.25, 0.3) is 0 Å². The summed E-state index contributed by atoms with van der Waals surface area (Å²) in [7, 11) is 1.50. The SMILES string of the molecule is Cc1nn(C)c(OC(=O)c2ccccc2C(=O)O)c1C(=O)c1ccc(Cl)cc1Cl. The number of halogens is 2. The van der Waals surface area contributed by atoms with Gasteiger partial charge in [0.05, 0.1) is 21.8 Å². The number of hydrogen-bond acceptors (Lipinski definition) is 5. The van der Waals surface area contributed by atoms with Crippen LogP contribution in [0.5, 0.6) is 5.88 Å². The van der Waals surface area contributed by atoms with Crippen LogP contribution in [0.1, 0.15) is 42.3 Å². The highest BCUT2D eigenvalue weighted by molar-refractivity contribution is 6.37. The number of carboxylic acids is 1. The van der Waals surface area contributed by atoms with E-state index in [2.05, 4.69) is 5.10 Å². The first-order valence-electron chi connectivity index (χ1n) is 8.28. The predicted octanol–water partition coefficient (Wildman–Crippen LogP) is 4.18. The number of carbonyl (C=O) groups excluding carboxylic acids is 2. The molecule has 0 bridgehead atoms. The van der Waals surface area contributed by atoms with Crippen LogP contribution < -0.4 is 4.74 Å². The second-order valence-electron chi connectivity index (χ2n) is 6.08. The molecule has 0 spiro atoms. The van der Waals surface area contributed by atoms with Gasteiger partial charge in [-0.1, -0.05) is 35.3 Å². The maximum absolute atomic E-state index is 13.1. The van der Waals surface area contributed by atoms with Gasteiger partial charge < -0.3 is 9.84 Å². The molecule has 0 amide bonds. The van der Waals surface area contributed by atoms with Crippen molar-refractivity contribution in [3.05, 3.63) is 80.5 Å². The molecule has 1 N–H and O–H groups in total. The Bertz CT molecular complexity index is 1150. The van der Waals surface area contributed by atoms with E-state index >= 15 is 0 Å². The van der Waals surface area contributed by atoms with E-state index in [0.717, 1.165) is 0 Å². The molecule has 0 unspecified atom stereocenters. The van der Waals surface area contributed by atoms with Gasteiger partial charge in [0.1, 0.15) is 5.56 Å². The summed E-state index contributed by atoms with van der Waals surface area (Å²) in [5.74, 6) is -2.83. The number of esters is 1. The van der Waals surface area contributed by atoms with E-state index in [1.54, 1.807) is 6.92 Å². The van der Waals surface area contributed by atoms with Crippen molar-refractivity contribution in [1.82, 2.24) is 9.78 Å². The Labute approximate surface area is 175 Å². The number of aromatic carboxylic acids is 1. The Morgan fingerprint density at radius 2 is 1.69 bits per heavy atom. The van der Waals surface area contributed by atoms with Gasteiger partial charge in [-0.2, -0.15) is 5.10 Å². The Morgan fingerprint density at radius 3 is 2.31 bits per heavy atom. The van der Waals surface area contributed by atoms with Crippen molar-refractivity contribution in [2.75, 3.05) is 0 Å². The minimum Gasteiger partial charge on any atom is -0.478 e. The summed E-state index contributed by atoms with van der Waals surface area (Å²) in [5, 5.41) is 13.9. The van der Waals surface area contributed by atoms with Crippen molar-refractivity contribution < 1.29 is 24.2 Å². The first-order valence-corrected chi connectivity index (χ1v) is 9.04. The van der Waals surface area contributed by atoms with E-state index < -0.39 is 17.7 Å². The molecule has 1 heterocycles. The van der Waals surface area contributed by atoms with E-state index in [1.165, 1.54) is 54.2 Å². The number of ether oxygens (including phenoxy) is 1. The highest BCUT2D eigenvalue weighted by Crippen LogP contribution is 2.30. The average Bonchev–Trinajstić information content (AvgIpc) is 2.94. The molecule has 29 heavy (non-hydrogen) atoms. The molecule has 9 heteroatoms. The number of carboxylic acid groups (broad SMARTS) is 1. The highest BCUT2D eigenvalue weighted by atomic mass is 35.5. The summed E-state index contributed by atoms with van der Waals surface area (Å²) in [6, 6.07) is 10.0. The smallest absolute Gasteiger partial charge is 0.345 e. The van der Waals surface area contributed by atoms with Crippen molar-refractivity contribution in [3.63, 3.8) is 0 Å². The number of nitrogens with zero attached hydrogens (tertiary/aromatic N) is 2. The summed E-state index contributed by atoms with van der Waals surface area (Å²) in [6.07, 6.45) is 0. The normalized spacial score (nSPS) is 10.6. The second-order valence-corrected chi connectivity index (χ2v) is 6.93. The lowest BCUT2D eigenvalue weighted by atomic mass is 10.0. The Morgan fingerprint density at radius 1 is 1.03 bits per heavy atom. The summed E-state index contributed by atoms with van der Waals surface area (Å²) in [4.78, 5) is 37.1. The molecule has 148 valence electrons. The van der Waals surface area contributed by atoms with Gasteiger partial charge in [0, 0.05) is 17.6 Å². The molecule has 0 aliphatic carbocycles. The molecule has 0 aliphatic heterocycles. The number of ketones is 1. The zero-order valence-electron chi connectivity index (χ0n) is 15.3. The van der Waals surface area contributed by atoms with Crippen LogP contribution in [0.15, 0.2) is 42.5 Å². The summed E-state index contributed by atoms with van der Waals surface area (Å²) < 4.78 is 6.62. The van der Waals surface area contributed by atoms with E-state index in [-0.39, 0.29) is 33.2 Å². The molecule has 0 saturated heterocycles. The maximum Gasteiger partial charge on any atom is 0.345 e. The lowest BCUT2D eigenvalue weighted by molar-refractivity contribution is 0.0661. The number of benzene rings is 2.